The zero-order chi connectivity index (χ0) is 8.15. The maximum Gasteiger partial charge on any atom is 0.266 e. The Morgan fingerprint density at radius 1 is 1.60 bits per heavy atom. The van der Waals surface area contributed by atoms with Crippen LogP contribution in [-0.4, -0.2) is 11.9 Å². The van der Waals surface area contributed by atoms with Gasteiger partial charge in [-0.25, -0.2) is 5.43 Å². The van der Waals surface area contributed by atoms with E-state index in [4.69, 9.17) is 11.5 Å². The second-order valence-electron chi connectivity index (χ2n) is 1.76. The van der Waals surface area contributed by atoms with Crippen molar-refractivity contribution < 1.29 is 4.79 Å². The molecule has 0 aliphatic rings. The molecule has 1 amide bonds. The summed E-state index contributed by atoms with van der Waals surface area (Å²) in [4.78, 5) is 10.6. The second-order valence-corrected chi connectivity index (χ2v) is 1.76. The largest absolute Gasteiger partial charge is 0.369 e. The molecular formula is C5H10N4O. The van der Waals surface area contributed by atoms with Gasteiger partial charge in [0.25, 0.3) is 5.91 Å². The molecule has 5 heteroatoms. The quantitative estimate of drug-likeness (QED) is 0.197. The van der Waals surface area contributed by atoms with E-state index in [-0.39, 0.29) is 5.96 Å². The van der Waals surface area contributed by atoms with Crippen molar-refractivity contribution in [1.82, 2.24) is 5.43 Å². The normalized spacial score (nSPS) is 8.10. The number of nitrogens with one attached hydrogen (secondary N) is 1. The Bertz CT molecular complexity index is 180. The second kappa shape index (κ2) is 3.49. The van der Waals surface area contributed by atoms with E-state index in [0.717, 1.165) is 0 Å². The van der Waals surface area contributed by atoms with Crippen LogP contribution in [0, 0.1) is 0 Å². The average Bonchev–Trinajstić information content (AvgIpc) is 1.82. The van der Waals surface area contributed by atoms with Crippen molar-refractivity contribution in [1.29, 1.82) is 0 Å². The maximum atomic E-state index is 10.6. The van der Waals surface area contributed by atoms with E-state index in [0.29, 0.717) is 5.57 Å². The van der Waals surface area contributed by atoms with Crippen molar-refractivity contribution >= 4 is 11.9 Å². The first-order chi connectivity index (χ1) is 4.54. The van der Waals surface area contributed by atoms with E-state index in [9.17, 15) is 4.79 Å². The number of hydrogen-bond acceptors (Lipinski definition) is 2. The molecule has 0 spiro atoms. The summed E-state index contributed by atoms with van der Waals surface area (Å²) in [5.74, 6) is -0.581. The highest BCUT2D eigenvalue weighted by molar-refractivity contribution is 5.92. The Balaban J connectivity index is 3.83. The highest BCUT2D eigenvalue weighted by atomic mass is 16.2. The number of amides is 1. The van der Waals surface area contributed by atoms with Crippen LogP contribution in [0.3, 0.4) is 0 Å². The van der Waals surface area contributed by atoms with Gasteiger partial charge < -0.3 is 11.5 Å². The molecule has 0 fully saturated rings. The van der Waals surface area contributed by atoms with Crippen LogP contribution >= 0.6 is 0 Å². The first-order valence-electron chi connectivity index (χ1n) is 2.58. The number of nitrogens with zero attached hydrogens (tertiary/aromatic N) is 1. The molecule has 0 saturated carbocycles. The van der Waals surface area contributed by atoms with E-state index in [1.807, 2.05) is 0 Å². The van der Waals surface area contributed by atoms with Crippen molar-refractivity contribution in [2.45, 2.75) is 6.92 Å². The van der Waals surface area contributed by atoms with Gasteiger partial charge in [-0.05, 0) is 6.92 Å². The molecule has 5 nitrogen and oxygen atoms in total. The molecule has 5 N–H and O–H groups in total. The van der Waals surface area contributed by atoms with E-state index < -0.39 is 5.91 Å². The van der Waals surface area contributed by atoms with Gasteiger partial charge in [0.05, 0.1) is 0 Å². The van der Waals surface area contributed by atoms with E-state index in [2.05, 4.69) is 17.1 Å². The Morgan fingerprint density at radius 2 is 2.10 bits per heavy atom. The third kappa shape index (κ3) is 3.48. The molecule has 0 radical (unpaired) electrons. The van der Waals surface area contributed by atoms with Crippen molar-refractivity contribution in [2.24, 2.45) is 16.6 Å². The van der Waals surface area contributed by atoms with Gasteiger partial charge in [0.2, 0.25) is 5.96 Å². The zero-order valence-corrected chi connectivity index (χ0v) is 5.72. The number of guanidine groups is 1. The van der Waals surface area contributed by atoms with Crippen molar-refractivity contribution in [3.63, 3.8) is 0 Å². The van der Waals surface area contributed by atoms with E-state index in [1.165, 1.54) is 0 Å². The molecule has 0 bridgehead atoms. The Kier molecular flexibility index (Phi) is 2.96. The lowest BCUT2D eigenvalue weighted by atomic mass is 10.3. The topological polar surface area (TPSA) is 93.5 Å². The van der Waals surface area contributed by atoms with Crippen LogP contribution in [0.2, 0.25) is 0 Å². The van der Waals surface area contributed by atoms with Gasteiger partial charge in [-0.15, -0.1) is 5.10 Å². The molecule has 0 unspecified atom stereocenters. The molecule has 0 saturated heterocycles. The number of nitrogens with two attached hydrogens (primary N) is 2. The molecule has 0 aromatic carbocycles. The van der Waals surface area contributed by atoms with Crippen LogP contribution in [0.4, 0.5) is 0 Å². The van der Waals surface area contributed by atoms with Crippen LogP contribution < -0.4 is 16.9 Å². The molecule has 56 valence electrons. The standard InChI is InChI=1S/C5H10N4O/c1-3(2)4(10)8-9-5(6)7/h1H2,2H3,(H,8,10)(H4,6,7,9). The summed E-state index contributed by atoms with van der Waals surface area (Å²) >= 11 is 0. The third-order valence-electron chi connectivity index (χ3n) is 0.674. The number of carbonyl (C=O) groups excluding carboxylic acids is 1. The van der Waals surface area contributed by atoms with Crippen molar-refractivity contribution in [2.75, 3.05) is 0 Å². The van der Waals surface area contributed by atoms with Crippen molar-refractivity contribution in [3.05, 3.63) is 12.2 Å². The van der Waals surface area contributed by atoms with Crippen LogP contribution in [0.1, 0.15) is 6.92 Å². The fourth-order valence-electron chi connectivity index (χ4n) is 0.211. The predicted molar refractivity (Wildman–Crippen MR) is 38.8 cm³/mol. The first-order valence-corrected chi connectivity index (χ1v) is 2.58. The monoisotopic (exact) mass is 142 g/mol. The zero-order valence-electron chi connectivity index (χ0n) is 5.72. The summed E-state index contributed by atoms with van der Waals surface area (Å²) < 4.78 is 0. The molecule has 0 aliphatic heterocycles. The van der Waals surface area contributed by atoms with Crippen molar-refractivity contribution in [3.8, 4) is 0 Å². The number of carbonyl (C=O) groups is 1. The van der Waals surface area contributed by atoms with Gasteiger partial charge in [0.15, 0.2) is 0 Å². The minimum Gasteiger partial charge on any atom is -0.369 e. The highest BCUT2D eigenvalue weighted by Crippen LogP contribution is 1.83. The molecule has 0 aromatic heterocycles. The molecular weight excluding hydrogens is 132 g/mol. The van der Waals surface area contributed by atoms with Gasteiger partial charge in [0, 0.05) is 5.57 Å². The molecule has 0 aliphatic carbocycles. The highest BCUT2D eigenvalue weighted by Gasteiger charge is 1.97. The average molecular weight is 142 g/mol. The predicted octanol–water partition coefficient (Wildman–Crippen LogP) is -1.13. The summed E-state index contributed by atoms with van der Waals surface area (Å²) in [6.07, 6.45) is 0. The smallest absolute Gasteiger partial charge is 0.266 e. The summed E-state index contributed by atoms with van der Waals surface area (Å²) in [7, 11) is 0. The lowest BCUT2D eigenvalue weighted by Crippen LogP contribution is -2.29. The van der Waals surface area contributed by atoms with Gasteiger partial charge >= 0.3 is 0 Å². The molecule has 0 aromatic rings. The lowest BCUT2D eigenvalue weighted by molar-refractivity contribution is -0.117. The Hall–Kier alpha value is -1.52. The SMILES string of the molecule is C=C(C)C(=O)NN=C(N)N. The molecule has 0 heterocycles. The summed E-state index contributed by atoms with van der Waals surface area (Å²) in [6, 6.07) is 0. The summed E-state index contributed by atoms with van der Waals surface area (Å²) in [5.41, 5.74) is 12.3. The minimum absolute atomic E-state index is 0.186. The van der Waals surface area contributed by atoms with Gasteiger partial charge in [0.1, 0.15) is 0 Å². The Labute approximate surface area is 58.8 Å². The number of rotatable bonds is 2. The van der Waals surface area contributed by atoms with Crippen LogP contribution in [0.15, 0.2) is 17.3 Å². The number of hydrazone groups is 1. The fourth-order valence-corrected chi connectivity index (χ4v) is 0.211. The lowest BCUT2D eigenvalue weighted by Gasteiger charge is -1.96. The van der Waals surface area contributed by atoms with Crippen LogP contribution in [0.25, 0.3) is 0 Å². The van der Waals surface area contributed by atoms with Gasteiger partial charge in [-0.2, -0.15) is 0 Å². The van der Waals surface area contributed by atoms with Gasteiger partial charge in [-0.1, -0.05) is 6.58 Å². The van der Waals surface area contributed by atoms with E-state index in [1.54, 1.807) is 6.92 Å². The first kappa shape index (κ1) is 8.48. The summed E-state index contributed by atoms with van der Waals surface area (Å²) in [6.45, 7) is 4.92. The Morgan fingerprint density at radius 3 is 2.40 bits per heavy atom. The van der Waals surface area contributed by atoms with Crippen LogP contribution in [0.5, 0.6) is 0 Å². The molecule has 0 atom stereocenters. The molecule has 0 rings (SSSR count). The summed E-state index contributed by atoms with van der Waals surface area (Å²) in [5, 5.41) is 3.26. The maximum absolute atomic E-state index is 10.6. The molecule has 10 heavy (non-hydrogen) atoms. The fraction of sp³-hybridized carbons (Fsp3) is 0.200. The van der Waals surface area contributed by atoms with E-state index >= 15 is 0 Å². The number of hydrogen-bond donors (Lipinski definition) is 3. The van der Waals surface area contributed by atoms with Crippen LogP contribution in [-0.2, 0) is 4.79 Å². The minimum atomic E-state index is -0.395. The third-order valence-corrected chi connectivity index (χ3v) is 0.674. The van der Waals surface area contributed by atoms with Gasteiger partial charge in [-0.3, -0.25) is 4.79 Å².